The minimum Gasteiger partial charge on any atom is -0.361 e. The maximum absolute atomic E-state index is 13.7. The van der Waals surface area contributed by atoms with Crippen LogP contribution in [0.15, 0.2) is 30.3 Å². The summed E-state index contributed by atoms with van der Waals surface area (Å²) in [6, 6.07) is 8.91. The molecule has 5 nitrogen and oxygen atoms in total. The van der Waals surface area contributed by atoms with E-state index in [9.17, 15) is 13.2 Å². The maximum atomic E-state index is 13.7. The Morgan fingerprint density at radius 2 is 1.81 bits per heavy atom. The number of hydrogen-bond acceptors (Lipinski definition) is 4. The lowest BCUT2D eigenvalue weighted by molar-refractivity contribution is -0.141. The van der Waals surface area contributed by atoms with Crippen molar-refractivity contribution in [1.29, 1.82) is 0 Å². The van der Waals surface area contributed by atoms with E-state index in [-0.39, 0.29) is 22.3 Å². The first kappa shape index (κ1) is 26.9. The Bertz CT molecular complexity index is 1060. The van der Waals surface area contributed by atoms with Crippen LogP contribution in [0, 0.1) is 11.8 Å². The fourth-order valence-electron chi connectivity index (χ4n) is 5.66. The summed E-state index contributed by atoms with van der Waals surface area (Å²) in [6.07, 6.45) is 1.80. The molecule has 2 aromatic rings. The first-order chi connectivity index (χ1) is 17.0. The van der Waals surface area contributed by atoms with Crippen LogP contribution in [0.2, 0.25) is 5.02 Å². The van der Waals surface area contributed by atoms with Crippen LogP contribution >= 0.6 is 23.8 Å². The molecule has 0 amide bonds. The minimum absolute atomic E-state index is 0.144. The molecule has 0 spiro atoms. The van der Waals surface area contributed by atoms with E-state index in [4.69, 9.17) is 23.8 Å². The third kappa shape index (κ3) is 6.59. The van der Waals surface area contributed by atoms with E-state index in [1.807, 2.05) is 23.1 Å². The zero-order valence-electron chi connectivity index (χ0n) is 20.7. The van der Waals surface area contributed by atoms with Gasteiger partial charge < -0.3 is 15.5 Å². The second-order valence-corrected chi connectivity index (χ2v) is 11.3. The number of halogens is 4. The number of hydrogen-bond donors (Lipinski definition) is 2. The van der Waals surface area contributed by atoms with Crippen molar-refractivity contribution in [2.45, 2.75) is 64.0 Å². The topological polar surface area (TPSA) is 53.1 Å². The van der Waals surface area contributed by atoms with Gasteiger partial charge in [-0.3, -0.25) is 0 Å². The zero-order valence-corrected chi connectivity index (χ0v) is 22.2. The maximum Gasteiger partial charge on any atom is 0.433 e. The van der Waals surface area contributed by atoms with Crippen LogP contribution in [0.4, 0.5) is 24.9 Å². The molecule has 1 aliphatic heterocycles. The van der Waals surface area contributed by atoms with Gasteiger partial charge in [0.05, 0.1) is 0 Å². The van der Waals surface area contributed by atoms with E-state index < -0.39 is 11.9 Å². The third-order valence-electron chi connectivity index (χ3n) is 7.26. The van der Waals surface area contributed by atoms with Gasteiger partial charge in [-0.05, 0) is 61.0 Å². The van der Waals surface area contributed by atoms with Crippen molar-refractivity contribution in [3.05, 3.63) is 46.6 Å². The minimum atomic E-state index is -4.59. The van der Waals surface area contributed by atoms with Crippen molar-refractivity contribution in [2.24, 2.45) is 11.8 Å². The van der Waals surface area contributed by atoms with Crippen molar-refractivity contribution in [1.82, 2.24) is 15.3 Å². The Kier molecular flexibility index (Phi) is 8.29. The SMILES string of the molecule is C[C@H]1C[C@H](C)CN(c2cc(C(F)(F)F)nc(NC(=S)NCC3(c4cccc(Cl)c4)CCCCC3)n2)C1. The summed E-state index contributed by atoms with van der Waals surface area (Å²) < 4.78 is 41.0. The van der Waals surface area contributed by atoms with Gasteiger partial charge in [0, 0.05) is 36.1 Å². The molecule has 1 aromatic heterocycles. The van der Waals surface area contributed by atoms with E-state index in [1.54, 1.807) is 0 Å². The van der Waals surface area contributed by atoms with Crippen molar-refractivity contribution < 1.29 is 13.2 Å². The molecule has 196 valence electrons. The van der Waals surface area contributed by atoms with Crippen LogP contribution in [0.5, 0.6) is 0 Å². The Balaban J connectivity index is 1.52. The molecular weight excluding hydrogens is 507 g/mol. The highest BCUT2D eigenvalue weighted by molar-refractivity contribution is 7.80. The average molecular weight is 540 g/mol. The van der Waals surface area contributed by atoms with Gasteiger partial charge in [0.15, 0.2) is 10.8 Å². The average Bonchev–Trinajstić information content (AvgIpc) is 2.82. The number of nitrogens with one attached hydrogen (secondary N) is 2. The Labute approximate surface area is 221 Å². The Morgan fingerprint density at radius 1 is 1.11 bits per heavy atom. The number of thiocarbonyl (C=S) groups is 1. The van der Waals surface area contributed by atoms with Crippen LogP contribution in [-0.2, 0) is 11.6 Å². The lowest BCUT2D eigenvalue weighted by Crippen LogP contribution is -2.44. The highest BCUT2D eigenvalue weighted by Gasteiger charge is 2.36. The van der Waals surface area contributed by atoms with E-state index in [1.165, 1.54) is 6.42 Å². The summed E-state index contributed by atoms with van der Waals surface area (Å²) in [4.78, 5) is 10.1. The molecule has 0 bridgehead atoms. The highest BCUT2D eigenvalue weighted by atomic mass is 35.5. The lowest BCUT2D eigenvalue weighted by atomic mass is 9.69. The number of nitrogens with zero attached hydrogens (tertiary/aromatic N) is 3. The normalized spacial score (nSPS) is 22.2. The molecule has 2 aliphatic rings. The molecule has 4 rings (SSSR count). The number of anilines is 2. The van der Waals surface area contributed by atoms with E-state index >= 15 is 0 Å². The largest absolute Gasteiger partial charge is 0.433 e. The smallest absolute Gasteiger partial charge is 0.361 e. The summed E-state index contributed by atoms with van der Waals surface area (Å²) in [5.74, 6) is 0.859. The molecule has 36 heavy (non-hydrogen) atoms. The number of aromatic nitrogens is 2. The fourth-order valence-corrected chi connectivity index (χ4v) is 6.01. The van der Waals surface area contributed by atoms with Gasteiger partial charge in [-0.15, -0.1) is 0 Å². The molecule has 0 unspecified atom stereocenters. The Morgan fingerprint density at radius 3 is 2.44 bits per heavy atom. The summed E-state index contributed by atoms with van der Waals surface area (Å²) in [7, 11) is 0. The number of rotatable bonds is 5. The first-order valence-electron chi connectivity index (χ1n) is 12.6. The highest BCUT2D eigenvalue weighted by Crippen LogP contribution is 2.40. The third-order valence-corrected chi connectivity index (χ3v) is 7.74. The van der Waals surface area contributed by atoms with Crippen LogP contribution in [0.25, 0.3) is 0 Å². The van der Waals surface area contributed by atoms with Gasteiger partial charge in [0.1, 0.15) is 5.82 Å². The summed E-state index contributed by atoms with van der Waals surface area (Å²) in [5.41, 5.74) is 0.0248. The summed E-state index contributed by atoms with van der Waals surface area (Å²) in [5, 5.41) is 6.94. The van der Waals surface area contributed by atoms with Gasteiger partial charge in [-0.2, -0.15) is 18.2 Å². The quantitative estimate of drug-likeness (QED) is 0.407. The van der Waals surface area contributed by atoms with Crippen molar-refractivity contribution in [3.63, 3.8) is 0 Å². The van der Waals surface area contributed by atoms with Crippen LogP contribution in [0.1, 0.15) is 63.6 Å². The van der Waals surface area contributed by atoms with Crippen molar-refractivity contribution in [2.75, 3.05) is 29.9 Å². The molecule has 1 aromatic carbocycles. The number of benzene rings is 1. The van der Waals surface area contributed by atoms with E-state index in [0.717, 1.165) is 43.7 Å². The second-order valence-electron chi connectivity index (χ2n) is 10.4. The molecule has 2 atom stereocenters. The molecule has 2 heterocycles. The summed E-state index contributed by atoms with van der Waals surface area (Å²) in [6.45, 7) is 6.07. The standard InChI is InChI=1S/C26H33ClF3N5S/c1-17-11-18(2)15-35(14-17)22-13-21(26(28,29)30)32-23(33-22)34-24(36)31-16-25(9-4-3-5-10-25)19-7-6-8-20(27)12-19/h6-8,12-13,17-18H,3-5,9-11,14-16H2,1-2H3,(H2,31,32,33,34,36)/t17-,18-/m0/s1. The summed E-state index contributed by atoms with van der Waals surface area (Å²) >= 11 is 11.8. The predicted octanol–water partition coefficient (Wildman–Crippen LogP) is 6.82. The lowest BCUT2D eigenvalue weighted by Gasteiger charge is -2.38. The van der Waals surface area contributed by atoms with Crippen molar-refractivity contribution >= 4 is 40.7 Å². The molecule has 1 aliphatic carbocycles. The predicted molar refractivity (Wildman–Crippen MR) is 143 cm³/mol. The molecule has 1 saturated heterocycles. The fraction of sp³-hybridized carbons (Fsp3) is 0.577. The van der Waals surface area contributed by atoms with Crippen molar-refractivity contribution in [3.8, 4) is 0 Å². The van der Waals surface area contributed by atoms with E-state index in [2.05, 4.69) is 40.5 Å². The molecule has 2 fully saturated rings. The number of alkyl halides is 3. The molecule has 1 saturated carbocycles. The molecule has 2 N–H and O–H groups in total. The van der Waals surface area contributed by atoms with Crippen LogP contribution in [-0.4, -0.2) is 34.7 Å². The van der Waals surface area contributed by atoms with Gasteiger partial charge in [-0.25, -0.2) is 4.98 Å². The van der Waals surface area contributed by atoms with Gasteiger partial charge in [0.25, 0.3) is 0 Å². The molecule has 10 heteroatoms. The first-order valence-corrected chi connectivity index (χ1v) is 13.3. The molecular formula is C26H33ClF3N5S. The van der Waals surface area contributed by atoms with Crippen LogP contribution in [0.3, 0.4) is 0 Å². The van der Waals surface area contributed by atoms with Gasteiger partial charge in [0.2, 0.25) is 5.95 Å². The van der Waals surface area contributed by atoms with Gasteiger partial charge >= 0.3 is 6.18 Å². The monoisotopic (exact) mass is 539 g/mol. The van der Waals surface area contributed by atoms with Crippen LogP contribution < -0.4 is 15.5 Å². The number of piperidine rings is 1. The Hall–Kier alpha value is -2.13. The van der Waals surface area contributed by atoms with E-state index in [0.29, 0.717) is 36.5 Å². The second kappa shape index (κ2) is 11.1. The zero-order chi connectivity index (χ0) is 25.9. The van der Waals surface area contributed by atoms with Gasteiger partial charge in [-0.1, -0.05) is 56.8 Å². The molecule has 0 radical (unpaired) electrons.